The highest BCUT2D eigenvalue weighted by Gasteiger charge is 2.02. The average molecular weight is 262 g/mol. The fourth-order valence-corrected chi connectivity index (χ4v) is 1.42. The zero-order chi connectivity index (χ0) is 14.1. The molecule has 0 aliphatic carbocycles. The number of hydrogen-bond donors (Lipinski definition) is 3. The first-order valence-electron chi connectivity index (χ1n) is 6.04. The van der Waals surface area contributed by atoms with Crippen LogP contribution >= 0.6 is 0 Å². The Hall–Kier alpha value is -2.14. The summed E-state index contributed by atoms with van der Waals surface area (Å²) in [5, 5.41) is 14.1. The highest BCUT2D eigenvalue weighted by Crippen LogP contribution is 2.02. The molecular formula is C14H18N2O3. The van der Waals surface area contributed by atoms with Crippen molar-refractivity contribution in [1.82, 2.24) is 10.6 Å². The molecule has 5 nitrogen and oxygen atoms in total. The number of carbonyl (C=O) groups excluding carboxylic acids is 1. The maximum absolute atomic E-state index is 11.7. The van der Waals surface area contributed by atoms with Gasteiger partial charge in [0.05, 0.1) is 0 Å². The number of amides is 1. The highest BCUT2D eigenvalue weighted by atomic mass is 16.4. The number of nitrogens with one attached hydrogen (secondary N) is 2. The molecule has 3 N–H and O–H groups in total. The van der Waals surface area contributed by atoms with Crippen LogP contribution in [0.2, 0.25) is 0 Å². The van der Waals surface area contributed by atoms with Crippen molar-refractivity contribution in [3.8, 4) is 0 Å². The van der Waals surface area contributed by atoms with E-state index in [9.17, 15) is 9.59 Å². The fourth-order valence-electron chi connectivity index (χ4n) is 1.42. The molecule has 0 bridgehead atoms. The first-order valence-corrected chi connectivity index (χ1v) is 6.04. The molecule has 0 aromatic heterocycles. The van der Waals surface area contributed by atoms with E-state index in [2.05, 4.69) is 10.6 Å². The zero-order valence-corrected chi connectivity index (χ0v) is 10.8. The van der Waals surface area contributed by atoms with Gasteiger partial charge >= 0.3 is 5.97 Å². The summed E-state index contributed by atoms with van der Waals surface area (Å²) >= 11 is 0. The Labute approximate surface area is 112 Å². The van der Waals surface area contributed by atoms with E-state index >= 15 is 0 Å². The SMILES string of the molecule is Cc1ccc(C(=O)NCCNC/C=C/C(=O)O)cc1. The van der Waals surface area contributed by atoms with Gasteiger partial charge in [0, 0.05) is 31.3 Å². The van der Waals surface area contributed by atoms with Crippen LogP contribution in [0, 0.1) is 6.92 Å². The Morgan fingerprint density at radius 2 is 1.89 bits per heavy atom. The van der Waals surface area contributed by atoms with Crippen molar-refractivity contribution in [2.45, 2.75) is 6.92 Å². The lowest BCUT2D eigenvalue weighted by Crippen LogP contribution is -2.31. The van der Waals surface area contributed by atoms with Crippen LogP contribution in [0.3, 0.4) is 0 Å². The van der Waals surface area contributed by atoms with E-state index in [1.54, 1.807) is 12.1 Å². The van der Waals surface area contributed by atoms with Gasteiger partial charge in [0.2, 0.25) is 0 Å². The minimum absolute atomic E-state index is 0.108. The molecule has 0 aliphatic rings. The Morgan fingerprint density at radius 3 is 2.53 bits per heavy atom. The van der Waals surface area contributed by atoms with Gasteiger partial charge in [-0.05, 0) is 19.1 Å². The second kappa shape index (κ2) is 8.05. The number of carboxylic acid groups (broad SMARTS) is 1. The Balaban J connectivity index is 2.17. The van der Waals surface area contributed by atoms with E-state index in [0.717, 1.165) is 11.6 Å². The van der Waals surface area contributed by atoms with Gasteiger partial charge in [0.1, 0.15) is 0 Å². The standard InChI is InChI=1S/C14H18N2O3/c1-11-4-6-12(7-5-11)14(19)16-10-9-15-8-2-3-13(17)18/h2-7,15H,8-10H2,1H3,(H,16,19)(H,17,18)/b3-2+. The topological polar surface area (TPSA) is 78.4 Å². The third-order valence-corrected chi connectivity index (χ3v) is 2.42. The van der Waals surface area contributed by atoms with Gasteiger partial charge in [-0.3, -0.25) is 4.79 Å². The molecule has 0 radical (unpaired) electrons. The summed E-state index contributed by atoms with van der Waals surface area (Å²) in [4.78, 5) is 21.9. The van der Waals surface area contributed by atoms with Crippen molar-refractivity contribution in [3.63, 3.8) is 0 Å². The predicted molar refractivity (Wildman–Crippen MR) is 73.2 cm³/mol. The molecular weight excluding hydrogens is 244 g/mol. The molecule has 1 amide bonds. The van der Waals surface area contributed by atoms with Crippen LogP contribution in [-0.4, -0.2) is 36.6 Å². The first kappa shape index (κ1) is 14.9. The van der Waals surface area contributed by atoms with Crippen molar-refractivity contribution < 1.29 is 14.7 Å². The lowest BCUT2D eigenvalue weighted by Gasteiger charge is -2.05. The Kier molecular flexibility index (Phi) is 6.32. The van der Waals surface area contributed by atoms with Crippen LogP contribution < -0.4 is 10.6 Å². The lowest BCUT2D eigenvalue weighted by atomic mass is 10.1. The molecule has 0 unspecified atom stereocenters. The third-order valence-electron chi connectivity index (χ3n) is 2.42. The van der Waals surface area contributed by atoms with Crippen LogP contribution in [-0.2, 0) is 4.79 Å². The number of carboxylic acids is 1. The number of aliphatic carboxylic acids is 1. The van der Waals surface area contributed by atoms with Crippen LogP contribution in [0.15, 0.2) is 36.4 Å². The van der Waals surface area contributed by atoms with Crippen LogP contribution in [0.1, 0.15) is 15.9 Å². The second-order valence-electron chi connectivity index (χ2n) is 4.07. The van der Waals surface area contributed by atoms with Gasteiger partial charge in [0.25, 0.3) is 5.91 Å². The molecule has 19 heavy (non-hydrogen) atoms. The first-order chi connectivity index (χ1) is 9.09. The molecule has 0 saturated carbocycles. The van der Waals surface area contributed by atoms with E-state index in [4.69, 9.17) is 5.11 Å². The summed E-state index contributed by atoms with van der Waals surface area (Å²) in [6.45, 7) is 3.51. The molecule has 102 valence electrons. The van der Waals surface area contributed by atoms with Crippen LogP contribution in [0.4, 0.5) is 0 Å². The molecule has 5 heteroatoms. The minimum Gasteiger partial charge on any atom is -0.478 e. The summed E-state index contributed by atoms with van der Waals surface area (Å²) in [5.41, 5.74) is 1.75. The highest BCUT2D eigenvalue weighted by molar-refractivity contribution is 5.94. The monoisotopic (exact) mass is 262 g/mol. The molecule has 0 heterocycles. The minimum atomic E-state index is -0.963. The second-order valence-corrected chi connectivity index (χ2v) is 4.07. The molecule has 0 saturated heterocycles. The molecule has 0 fully saturated rings. The number of carbonyl (C=O) groups is 2. The summed E-state index contributed by atoms with van der Waals surface area (Å²) in [7, 11) is 0. The van der Waals surface area contributed by atoms with E-state index in [-0.39, 0.29) is 5.91 Å². The van der Waals surface area contributed by atoms with E-state index < -0.39 is 5.97 Å². The largest absolute Gasteiger partial charge is 0.478 e. The Morgan fingerprint density at radius 1 is 1.21 bits per heavy atom. The summed E-state index contributed by atoms with van der Waals surface area (Å²) < 4.78 is 0. The maximum atomic E-state index is 11.7. The fraction of sp³-hybridized carbons (Fsp3) is 0.286. The van der Waals surface area contributed by atoms with Gasteiger partial charge in [0.15, 0.2) is 0 Å². The third kappa shape index (κ3) is 6.38. The van der Waals surface area contributed by atoms with Crippen LogP contribution in [0.25, 0.3) is 0 Å². The number of rotatable bonds is 7. The van der Waals surface area contributed by atoms with Crippen molar-refractivity contribution in [2.24, 2.45) is 0 Å². The van der Waals surface area contributed by atoms with Gasteiger partial charge in [-0.1, -0.05) is 23.8 Å². The number of aryl methyl sites for hydroxylation is 1. The smallest absolute Gasteiger partial charge is 0.328 e. The average Bonchev–Trinajstić information content (AvgIpc) is 2.38. The number of benzene rings is 1. The molecule has 1 rings (SSSR count). The van der Waals surface area contributed by atoms with E-state index in [0.29, 0.717) is 25.2 Å². The maximum Gasteiger partial charge on any atom is 0.328 e. The lowest BCUT2D eigenvalue weighted by molar-refractivity contribution is -0.131. The zero-order valence-electron chi connectivity index (χ0n) is 10.8. The molecule has 0 spiro atoms. The van der Waals surface area contributed by atoms with Gasteiger partial charge in [-0.2, -0.15) is 0 Å². The van der Waals surface area contributed by atoms with Crippen molar-refractivity contribution in [1.29, 1.82) is 0 Å². The van der Waals surface area contributed by atoms with Gasteiger partial charge in [-0.15, -0.1) is 0 Å². The molecule has 1 aromatic rings. The molecule has 0 aliphatic heterocycles. The van der Waals surface area contributed by atoms with Gasteiger partial charge in [-0.25, -0.2) is 4.79 Å². The van der Waals surface area contributed by atoms with E-state index in [1.165, 1.54) is 6.08 Å². The summed E-state index contributed by atoms with van der Waals surface area (Å²) in [6.07, 6.45) is 2.60. The van der Waals surface area contributed by atoms with Crippen LogP contribution in [0.5, 0.6) is 0 Å². The molecule has 1 aromatic carbocycles. The predicted octanol–water partition coefficient (Wildman–Crippen LogP) is 0.955. The van der Waals surface area contributed by atoms with Crippen molar-refractivity contribution >= 4 is 11.9 Å². The van der Waals surface area contributed by atoms with Crippen molar-refractivity contribution in [2.75, 3.05) is 19.6 Å². The normalized spacial score (nSPS) is 10.6. The quantitative estimate of drug-likeness (QED) is 0.505. The van der Waals surface area contributed by atoms with E-state index in [1.807, 2.05) is 19.1 Å². The van der Waals surface area contributed by atoms with Crippen molar-refractivity contribution in [3.05, 3.63) is 47.5 Å². The summed E-state index contributed by atoms with van der Waals surface area (Å²) in [5.74, 6) is -1.07. The number of hydrogen-bond acceptors (Lipinski definition) is 3. The molecule has 0 atom stereocenters. The summed E-state index contributed by atoms with van der Waals surface area (Å²) in [6, 6.07) is 7.36. The Bertz CT molecular complexity index is 452. The van der Waals surface area contributed by atoms with Gasteiger partial charge < -0.3 is 15.7 Å².